The van der Waals surface area contributed by atoms with Gasteiger partial charge in [0, 0.05) is 26.2 Å². The van der Waals surface area contributed by atoms with E-state index in [0.29, 0.717) is 16.9 Å². The average molecular weight is 883 g/mol. The molecule has 340 valence electrons. The van der Waals surface area contributed by atoms with Gasteiger partial charge >= 0.3 is 11.9 Å². The standard InChI is InChI=1S/C26H28N2O4.C15H14O3.C11H16N2O2/c1-17-15-28(16-18(2)31-17)25-13-12-22(14-27-25)32-26(29)24-7-5-6-23(19(24)3)20-8-10-21(30-4)11-9-20;1-10-13(4-3-5-14(10)15(16)17)11-6-8-12(18-2)9-7-11;1-8-6-13(7-9(2)15-8)11-4-3-10(14)5-12-11/h5-14,17-18H,15-16H2,1-4H3;3-9H,1-2H3,(H,16,17);3-5,8-9,14H,6-7H2,1-2H3. The third-order valence-electron chi connectivity index (χ3n) is 11.1. The molecule has 4 atom stereocenters. The predicted octanol–water partition coefficient (Wildman–Crippen LogP) is 9.67. The first-order valence-corrected chi connectivity index (χ1v) is 21.6. The summed E-state index contributed by atoms with van der Waals surface area (Å²) in [5.41, 5.74) is 6.40. The van der Waals surface area contributed by atoms with Crippen molar-refractivity contribution >= 4 is 23.6 Å². The fraction of sp³-hybridized carbons (Fsp3) is 0.308. The molecule has 65 heavy (non-hydrogen) atoms. The van der Waals surface area contributed by atoms with E-state index in [1.807, 2.05) is 92.7 Å². The van der Waals surface area contributed by atoms with Crippen molar-refractivity contribution in [3.05, 3.63) is 144 Å². The van der Waals surface area contributed by atoms with E-state index in [-0.39, 0.29) is 30.2 Å². The van der Waals surface area contributed by atoms with Crippen molar-refractivity contribution < 1.29 is 43.5 Å². The van der Waals surface area contributed by atoms with Crippen molar-refractivity contribution in [2.24, 2.45) is 0 Å². The van der Waals surface area contributed by atoms with Gasteiger partial charge in [0.15, 0.2) is 0 Å². The molecule has 6 aromatic rings. The molecular weight excluding hydrogens is 825 g/mol. The van der Waals surface area contributed by atoms with Crippen LogP contribution in [-0.4, -0.2) is 96.9 Å². The molecule has 2 fully saturated rings. The molecule has 4 heterocycles. The number of aromatic hydroxyl groups is 1. The molecule has 0 saturated carbocycles. The molecule has 13 heteroatoms. The van der Waals surface area contributed by atoms with Crippen LogP contribution in [0.15, 0.2) is 122 Å². The van der Waals surface area contributed by atoms with Crippen LogP contribution in [0.5, 0.6) is 23.0 Å². The van der Waals surface area contributed by atoms with Crippen LogP contribution in [0, 0.1) is 13.8 Å². The summed E-state index contributed by atoms with van der Waals surface area (Å²) in [6.07, 6.45) is 3.83. The second kappa shape index (κ2) is 22.1. The van der Waals surface area contributed by atoms with Crippen LogP contribution in [0.1, 0.15) is 59.5 Å². The molecule has 13 nitrogen and oxygen atoms in total. The Morgan fingerprint density at radius 3 is 1.38 bits per heavy atom. The summed E-state index contributed by atoms with van der Waals surface area (Å²) in [5, 5.41) is 18.3. The maximum absolute atomic E-state index is 12.9. The highest BCUT2D eigenvalue weighted by Crippen LogP contribution is 2.30. The lowest BCUT2D eigenvalue weighted by atomic mass is 9.96. The second-order valence-corrected chi connectivity index (χ2v) is 16.2. The fourth-order valence-electron chi connectivity index (χ4n) is 7.97. The lowest BCUT2D eigenvalue weighted by molar-refractivity contribution is -0.00572. The number of carbonyl (C=O) groups excluding carboxylic acids is 1. The van der Waals surface area contributed by atoms with Gasteiger partial charge in [-0.3, -0.25) is 0 Å². The van der Waals surface area contributed by atoms with E-state index in [1.54, 1.807) is 50.7 Å². The van der Waals surface area contributed by atoms with Crippen molar-refractivity contribution in [3.8, 4) is 45.3 Å². The Hall–Kier alpha value is -6.96. The molecule has 2 aromatic heterocycles. The number of benzene rings is 4. The smallest absolute Gasteiger partial charge is 0.343 e. The highest BCUT2D eigenvalue weighted by Gasteiger charge is 2.24. The fourth-order valence-corrected chi connectivity index (χ4v) is 7.97. The zero-order valence-corrected chi connectivity index (χ0v) is 38.2. The number of aromatic nitrogens is 2. The summed E-state index contributed by atoms with van der Waals surface area (Å²) in [6.45, 7) is 15.3. The number of hydrogen-bond acceptors (Lipinski definition) is 12. The summed E-state index contributed by atoms with van der Waals surface area (Å²) in [4.78, 5) is 37.0. The number of nitrogens with zero attached hydrogens (tertiary/aromatic N) is 4. The minimum absolute atomic E-state index is 0.152. The molecule has 8 rings (SSSR count). The van der Waals surface area contributed by atoms with E-state index in [1.165, 1.54) is 6.20 Å². The number of methoxy groups -OCH3 is 2. The van der Waals surface area contributed by atoms with Gasteiger partial charge in [-0.05, 0) is 136 Å². The number of pyridine rings is 2. The number of anilines is 2. The van der Waals surface area contributed by atoms with Crippen LogP contribution >= 0.6 is 0 Å². The Morgan fingerprint density at radius 1 is 0.569 bits per heavy atom. The number of carbonyl (C=O) groups is 2. The van der Waals surface area contributed by atoms with Crippen LogP contribution in [0.3, 0.4) is 0 Å². The molecule has 0 radical (unpaired) electrons. The van der Waals surface area contributed by atoms with E-state index in [4.69, 9.17) is 33.9 Å². The summed E-state index contributed by atoms with van der Waals surface area (Å²) < 4.78 is 27.4. The highest BCUT2D eigenvalue weighted by atomic mass is 16.5. The zero-order valence-electron chi connectivity index (χ0n) is 38.2. The molecule has 0 bridgehead atoms. The third kappa shape index (κ3) is 12.6. The van der Waals surface area contributed by atoms with Crippen LogP contribution in [0.4, 0.5) is 11.6 Å². The molecule has 4 aromatic carbocycles. The van der Waals surface area contributed by atoms with Crippen molar-refractivity contribution in [2.75, 3.05) is 50.2 Å². The molecule has 2 aliphatic rings. The average Bonchev–Trinajstić information content (AvgIpc) is 3.29. The number of esters is 1. The topological polar surface area (TPSA) is 153 Å². The van der Waals surface area contributed by atoms with Gasteiger partial charge in [0.1, 0.15) is 34.6 Å². The number of hydrogen-bond donors (Lipinski definition) is 2. The first kappa shape index (κ1) is 47.5. The van der Waals surface area contributed by atoms with Crippen molar-refractivity contribution in [1.29, 1.82) is 0 Å². The summed E-state index contributed by atoms with van der Waals surface area (Å²) >= 11 is 0. The molecule has 2 N–H and O–H groups in total. The van der Waals surface area contributed by atoms with Crippen molar-refractivity contribution in [1.82, 2.24) is 9.97 Å². The number of rotatable bonds is 9. The van der Waals surface area contributed by atoms with Crippen LogP contribution in [-0.2, 0) is 9.47 Å². The largest absolute Gasteiger partial charge is 0.506 e. The van der Waals surface area contributed by atoms with E-state index in [0.717, 1.165) is 82.7 Å². The van der Waals surface area contributed by atoms with Crippen molar-refractivity contribution in [3.63, 3.8) is 0 Å². The maximum atomic E-state index is 12.9. The van der Waals surface area contributed by atoms with Gasteiger partial charge < -0.3 is 43.7 Å². The SMILES string of the molecule is CC1CN(c2ccc(O)cn2)CC(C)O1.COc1ccc(-c2cccc(C(=O)O)c2C)cc1.COc1ccc(-c2cccc(C(=O)Oc3ccc(N4CC(C)OC(C)C4)nc3)c2C)cc1. The number of aromatic carboxylic acids is 1. The van der Waals surface area contributed by atoms with Crippen LogP contribution < -0.4 is 24.0 Å². The molecule has 0 aliphatic carbocycles. The predicted molar refractivity (Wildman–Crippen MR) is 253 cm³/mol. The molecule has 0 amide bonds. The van der Waals surface area contributed by atoms with Gasteiger partial charge in [-0.25, -0.2) is 19.6 Å². The Labute approximate surface area is 381 Å². The first-order chi connectivity index (χ1) is 31.2. The third-order valence-corrected chi connectivity index (χ3v) is 11.1. The minimum Gasteiger partial charge on any atom is -0.506 e. The normalized spacial score (nSPS) is 18.0. The number of carboxylic acids is 1. The summed E-state index contributed by atoms with van der Waals surface area (Å²) in [6, 6.07) is 33.4. The Morgan fingerprint density at radius 2 is 0.985 bits per heavy atom. The molecule has 2 aliphatic heterocycles. The Balaban J connectivity index is 0.000000178. The summed E-state index contributed by atoms with van der Waals surface area (Å²) in [7, 11) is 3.26. The van der Waals surface area contributed by atoms with Crippen LogP contribution in [0.2, 0.25) is 0 Å². The molecular formula is C52H58N4O9. The van der Waals surface area contributed by atoms with Gasteiger partial charge in [0.25, 0.3) is 0 Å². The quantitative estimate of drug-likeness (QED) is 0.133. The number of morpholine rings is 2. The number of ether oxygens (including phenoxy) is 5. The van der Waals surface area contributed by atoms with E-state index in [9.17, 15) is 9.59 Å². The lowest BCUT2D eigenvalue weighted by Crippen LogP contribution is -2.45. The molecule has 4 unspecified atom stereocenters. The maximum Gasteiger partial charge on any atom is 0.343 e. The monoisotopic (exact) mass is 882 g/mol. The van der Waals surface area contributed by atoms with Gasteiger partial charge in [-0.15, -0.1) is 0 Å². The first-order valence-electron chi connectivity index (χ1n) is 21.6. The highest BCUT2D eigenvalue weighted by molar-refractivity contribution is 5.95. The number of carboxylic acid groups (broad SMARTS) is 1. The molecule has 2 saturated heterocycles. The van der Waals surface area contributed by atoms with E-state index in [2.05, 4.69) is 47.5 Å². The minimum atomic E-state index is -0.900. The Kier molecular flexibility index (Phi) is 16.2. The Bertz CT molecular complexity index is 2480. The molecule has 0 spiro atoms. The van der Waals surface area contributed by atoms with E-state index < -0.39 is 11.9 Å². The van der Waals surface area contributed by atoms with Gasteiger partial charge in [-0.1, -0.05) is 48.5 Å². The second-order valence-electron chi connectivity index (χ2n) is 16.2. The zero-order chi connectivity index (χ0) is 46.6. The van der Waals surface area contributed by atoms with Crippen LogP contribution in [0.25, 0.3) is 22.3 Å². The van der Waals surface area contributed by atoms with Gasteiger partial charge in [0.05, 0.1) is 62.2 Å². The lowest BCUT2D eigenvalue weighted by Gasteiger charge is -2.36. The van der Waals surface area contributed by atoms with Gasteiger partial charge in [0.2, 0.25) is 0 Å². The summed E-state index contributed by atoms with van der Waals surface area (Å²) in [5.74, 6) is 2.64. The van der Waals surface area contributed by atoms with E-state index >= 15 is 0 Å². The van der Waals surface area contributed by atoms with Gasteiger partial charge in [-0.2, -0.15) is 0 Å². The van der Waals surface area contributed by atoms with Crippen molar-refractivity contribution in [2.45, 2.75) is 66.0 Å².